The summed E-state index contributed by atoms with van der Waals surface area (Å²) < 4.78 is 86.1. The van der Waals surface area contributed by atoms with E-state index in [1.807, 2.05) is 0 Å². The number of piperidine rings is 1. The standard InChI is InChI=1S/C21H22F4N2O3S/c22-17-3-1-15(13-19(17)24)5-8-26-11-12-30-21(26)6-9-27(10-7-21)31(28,29)16-2-4-18(23)20(25)14-16/h1-4,13-14H,5-12H2. The minimum atomic E-state index is -3.95. The first-order valence-corrected chi connectivity index (χ1v) is 11.4. The van der Waals surface area contributed by atoms with Gasteiger partial charge in [-0.3, -0.25) is 4.90 Å². The summed E-state index contributed by atoms with van der Waals surface area (Å²) in [6.45, 7) is 2.04. The molecule has 1 spiro atoms. The normalized spacial score (nSPS) is 19.9. The lowest BCUT2D eigenvalue weighted by Crippen LogP contribution is -2.54. The van der Waals surface area contributed by atoms with E-state index in [-0.39, 0.29) is 18.0 Å². The van der Waals surface area contributed by atoms with E-state index in [9.17, 15) is 26.0 Å². The number of rotatable bonds is 5. The molecule has 0 unspecified atom stereocenters. The number of nitrogens with zero attached hydrogens (tertiary/aromatic N) is 2. The molecule has 168 valence electrons. The Morgan fingerprint density at radius 2 is 1.52 bits per heavy atom. The third-order valence-corrected chi connectivity index (χ3v) is 7.89. The third-order valence-electron chi connectivity index (χ3n) is 6.00. The Morgan fingerprint density at radius 3 is 2.16 bits per heavy atom. The van der Waals surface area contributed by atoms with Crippen LogP contribution in [0.3, 0.4) is 0 Å². The fourth-order valence-corrected chi connectivity index (χ4v) is 5.69. The number of benzene rings is 2. The van der Waals surface area contributed by atoms with Gasteiger partial charge in [0.15, 0.2) is 23.3 Å². The van der Waals surface area contributed by atoms with Crippen molar-refractivity contribution in [2.75, 3.05) is 32.8 Å². The smallest absolute Gasteiger partial charge is 0.243 e. The van der Waals surface area contributed by atoms with Gasteiger partial charge in [0.1, 0.15) is 5.72 Å². The van der Waals surface area contributed by atoms with Crippen LogP contribution in [0, 0.1) is 23.3 Å². The van der Waals surface area contributed by atoms with E-state index < -0.39 is 39.0 Å². The second-order valence-corrected chi connectivity index (χ2v) is 9.70. The summed E-state index contributed by atoms with van der Waals surface area (Å²) in [5.74, 6) is -4.09. The van der Waals surface area contributed by atoms with E-state index in [1.54, 1.807) is 6.07 Å². The molecule has 2 fully saturated rings. The monoisotopic (exact) mass is 458 g/mol. The lowest BCUT2D eigenvalue weighted by Gasteiger charge is -2.43. The molecule has 0 aliphatic carbocycles. The van der Waals surface area contributed by atoms with Gasteiger partial charge in [0, 0.05) is 39.0 Å². The van der Waals surface area contributed by atoms with E-state index in [4.69, 9.17) is 4.74 Å². The van der Waals surface area contributed by atoms with Gasteiger partial charge in [-0.15, -0.1) is 0 Å². The molecule has 2 aliphatic heterocycles. The van der Waals surface area contributed by atoms with Crippen LogP contribution in [0.5, 0.6) is 0 Å². The topological polar surface area (TPSA) is 49.9 Å². The average Bonchev–Trinajstić information content (AvgIpc) is 3.13. The molecule has 0 saturated carbocycles. The first-order valence-electron chi connectivity index (χ1n) is 9.99. The average molecular weight is 458 g/mol. The highest BCUT2D eigenvalue weighted by Crippen LogP contribution is 2.36. The fraction of sp³-hybridized carbons (Fsp3) is 0.429. The first kappa shape index (κ1) is 22.2. The van der Waals surface area contributed by atoms with Gasteiger partial charge in [-0.2, -0.15) is 4.31 Å². The van der Waals surface area contributed by atoms with Gasteiger partial charge in [0.25, 0.3) is 0 Å². The molecule has 2 heterocycles. The van der Waals surface area contributed by atoms with Crippen molar-refractivity contribution in [3.05, 3.63) is 65.2 Å². The predicted molar refractivity (Wildman–Crippen MR) is 105 cm³/mol. The van der Waals surface area contributed by atoms with Gasteiger partial charge >= 0.3 is 0 Å². The predicted octanol–water partition coefficient (Wildman–Crippen LogP) is 3.30. The molecule has 0 aromatic heterocycles. The molecule has 5 nitrogen and oxygen atoms in total. The van der Waals surface area contributed by atoms with E-state index in [2.05, 4.69) is 4.90 Å². The molecule has 0 bridgehead atoms. The summed E-state index contributed by atoms with van der Waals surface area (Å²) in [5, 5.41) is 0. The summed E-state index contributed by atoms with van der Waals surface area (Å²) in [6, 6.07) is 6.36. The molecule has 0 amide bonds. The van der Waals surface area contributed by atoms with Crippen molar-refractivity contribution in [2.24, 2.45) is 0 Å². The van der Waals surface area contributed by atoms with Crippen LogP contribution in [0.25, 0.3) is 0 Å². The highest BCUT2D eigenvalue weighted by molar-refractivity contribution is 7.89. The number of ether oxygens (including phenoxy) is 1. The van der Waals surface area contributed by atoms with Gasteiger partial charge in [0.2, 0.25) is 10.0 Å². The molecular formula is C21H22F4N2O3S. The highest BCUT2D eigenvalue weighted by Gasteiger charge is 2.46. The van der Waals surface area contributed by atoms with Crippen molar-refractivity contribution in [3.63, 3.8) is 0 Å². The minimum Gasteiger partial charge on any atom is -0.359 e. The van der Waals surface area contributed by atoms with Crippen molar-refractivity contribution in [1.82, 2.24) is 9.21 Å². The van der Waals surface area contributed by atoms with Crippen molar-refractivity contribution < 1.29 is 30.7 Å². The summed E-state index contributed by atoms with van der Waals surface area (Å²) in [6.07, 6.45) is 1.32. The van der Waals surface area contributed by atoms with Crippen molar-refractivity contribution in [1.29, 1.82) is 0 Å². The Morgan fingerprint density at radius 1 is 0.871 bits per heavy atom. The van der Waals surface area contributed by atoms with Gasteiger partial charge in [-0.1, -0.05) is 6.07 Å². The lowest BCUT2D eigenvalue weighted by molar-refractivity contribution is -0.110. The Bertz CT molecular complexity index is 1070. The maximum absolute atomic E-state index is 13.5. The highest BCUT2D eigenvalue weighted by atomic mass is 32.2. The zero-order valence-corrected chi connectivity index (χ0v) is 17.5. The van der Waals surface area contributed by atoms with Crippen LogP contribution in [0.15, 0.2) is 41.3 Å². The Labute approximate surface area is 178 Å². The van der Waals surface area contributed by atoms with Crippen molar-refractivity contribution >= 4 is 10.0 Å². The molecule has 31 heavy (non-hydrogen) atoms. The van der Waals surface area contributed by atoms with Gasteiger partial charge in [-0.25, -0.2) is 26.0 Å². The van der Waals surface area contributed by atoms with Crippen LogP contribution in [-0.2, 0) is 21.2 Å². The van der Waals surface area contributed by atoms with Crippen molar-refractivity contribution in [2.45, 2.75) is 29.9 Å². The number of hydrogen-bond donors (Lipinski definition) is 0. The molecule has 2 aromatic rings. The maximum atomic E-state index is 13.5. The molecule has 2 aliphatic rings. The summed E-state index contributed by atoms with van der Waals surface area (Å²) >= 11 is 0. The Balaban J connectivity index is 1.42. The molecule has 4 rings (SSSR count). The van der Waals surface area contributed by atoms with E-state index in [0.717, 1.165) is 18.2 Å². The SMILES string of the molecule is O=S(=O)(c1ccc(F)c(F)c1)N1CCC2(CC1)OCCN2CCc1ccc(F)c(F)c1. The summed E-state index contributed by atoms with van der Waals surface area (Å²) in [5.41, 5.74) is 0.0397. The van der Waals surface area contributed by atoms with Gasteiger partial charge in [0.05, 0.1) is 11.5 Å². The number of sulfonamides is 1. The third kappa shape index (κ3) is 4.34. The molecule has 2 aromatic carbocycles. The molecule has 10 heteroatoms. The van der Waals surface area contributed by atoms with Crippen LogP contribution in [0.2, 0.25) is 0 Å². The van der Waals surface area contributed by atoms with Crippen LogP contribution < -0.4 is 0 Å². The van der Waals surface area contributed by atoms with E-state index >= 15 is 0 Å². The summed E-state index contributed by atoms with van der Waals surface area (Å²) in [4.78, 5) is 1.82. The van der Waals surface area contributed by atoms with E-state index in [1.165, 1.54) is 10.4 Å². The molecule has 0 N–H and O–H groups in total. The second-order valence-electron chi connectivity index (χ2n) is 7.76. The Kier molecular flexibility index (Phi) is 6.08. The maximum Gasteiger partial charge on any atom is 0.243 e. The van der Waals surface area contributed by atoms with Gasteiger partial charge in [-0.05, 0) is 42.3 Å². The molecular weight excluding hydrogens is 436 g/mol. The molecule has 0 radical (unpaired) electrons. The zero-order chi connectivity index (χ0) is 22.2. The molecule has 2 saturated heterocycles. The largest absolute Gasteiger partial charge is 0.359 e. The number of halogens is 4. The van der Waals surface area contributed by atoms with Crippen LogP contribution in [0.4, 0.5) is 17.6 Å². The Hall–Kier alpha value is -2.01. The minimum absolute atomic E-state index is 0.170. The molecule has 0 atom stereocenters. The lowest BCUT2D eigenvalue weighted by atomic mass is 9.99. The first-order chi connectivity index (χ1) is 14.7. The summed E-state index contributed by atoms with van der Waals surface area (Å²) in [7, 11) is -3.95. The van der Waals surface area contributed by atoms with Crippen molar-refractivity contribution in [3.8, 4) is 0 Å². The van der Waals surface area contributed by atoms with Gasteiger partial charge < -0.3 is 4.74 Å². The fourth-order valence-electron chi connectivity index (χ4n) is 4.24. The van der Waals surface area contributed by atoms with Crippen LogP contribution in [-0.4, -0.2) is 56.1 Å². The van der Waals surface area contributed by atoms with Crippen LogP contribution in [0.1, 0.15) is 18.4 Å². The zero-order valence-electron chi connectivity index (χ0n) is 16.7. The number of hydrogen-bond acceptors (Lipinski definition) is 4. The van der Waals surface area contributed by atoms with E-state index in [0.29, 0.717) is 50.6 Å². The quantitative estimate of drug-likeness (QED) is 0.646. The van der Waals surface area contributed by atoms with Crippen LogP contribution >= 0.6 is 0 Å². The second kappa shape index (κ2) is 8.50.